The van der Waals surface area contributed by atoms with Crippen molar-refractivity contribution in [3.63, 3.8) is 0 Å². The van der Waals surface area contributed by atoms with E-state index in [-0.39, 0.29) is 11.7 Å². The molecule has 1 aromatic heterocycles. The van der Waals surface area contributed by atoms with Crippen LogP contribution in [-0.2, 0) is 21.4 Å². The van der Waals surface area contributed by atoms with E-state index >= 15 is 0 Å². The molecule has 128 valence electrons. The van der Waals surface area contributed by atoms with E-state index in [1.165, 1.54) is 4.31 Å². The fraction of sp³-hybridized carbons (Fsp3) is 0.625. The van der Waals surface area contributed by atoms with Gasteiger partial charge < -0.3 is 5.32 Å². The molecule has 2 heterocycles. The predicted molar refractivity (Wildman–Crippen MR) is 89.2 cm³/mol. The third kappa shape index (κ3) is 4.51. The minimum Gasteiger partial charge on any atom is -0.351 e. The number of aryl methyl sites for hydroxylation is 1. The first kappa shape index (κ1) is 17.9. The van der Waals surface area contributed by atoms with Gasteiger partial charge in [-0.15, -0.1) is 0 Å². The average Bonchev–Trinajstić information content (AvgIpc) is 3.02. The Balaban J connectivity index is 1.99. The fourth-order valence-electron chi connectivity index (χ4n) is 2.78. The number of nitrogens with zero attached hydrogens (tertiary/aromatic N) is 2. The first-order valence-corrected chi connectivity index (χ1v) is 9.73. The summed E-state index contributed by atoms with van der Waals surface area (Å²) in [6, 6.07) is 1.29. The van der Waals surface area contributed by atoms with Crippen molar-refractivity contribution in [3.8, 4) is 0 Å². The Morgan fingerprint density at radius 1 is 1.48 bits per heavy atom. The minimum absolute atomic E-state index is 0.122. The molecule has 23 heavy (non-hydrogen) atoms. The second-order valence-electron chi connectivity index (χ2n) is 5.96. The van der Waals surface area contributed by atoms with E-state index in [1.807, 2.05) is 19.9 Å². The Hall–Kier alpha value is -1.47. The van der Waals surface area contributed by atoms with E-state index in [2.05, 4.69) is 10.3 Å². The van der Waals surface area contributed by atoms with E-state index in [4.69, 9.17) is 0 Å². The molecule has 1 aliphatic rings. The van der Waals surface area contributed by atoms with Gasteiger partial charge >= 0.3 is 0 Å². The SMILES string of the molecule is CCCCS(=O)(=O)N1CCCC1C(=O)NCc1ccncc1C. The zero-order chi connectivity index (χ0) is 16.9. The van der Waals surface area contributed by atoms with Crippen LogP contribution in [0.4, 0.5) is 0 Å². The molecule has 1 amide bonds. The molecular weight excluding hydrogens is 314 g/mol. The number of amides is 1. The van der Waals surface area contributed by atoms with Crippen molar-refractivity contribution >= 4 is 15.9 Å². The highest BCUT2D eigenvalue weighted by Crippen LogP contribution is 2.22. The Kier molecular flexibility index (Phi) is 6.12. The molecule has 1 fully saturated rings. The summed E-state index contributed by atoms with van der Waals surface area (Å²) in [5.41, 5.74) is 2.00. The van der Waals surface area contributed by atoms with Crippen molar-refractivity contribution in [2.75, 3.05) is 12.3 Å². The van der Waals surface area contributed by atoms with Crippen molar-refractivity contribution in [2.24, 2.45) is 0 Å². The Bertz CT molecular complexity index is 646. The summed E-state index contributed by atoms with van der Waals surface area (Å²) >= 11 is 0. The van der Waals surface area contributed by atoms with E-state index in [0.29, 0.717) is 25.9 Å². The van der Waals surface area contributed by atoms with Gasteiger partial charge in [-0.1, -0.05) is 13.3 Å². The van der Waals surface area contributed by atoms with Crippen LogP contribution in [0.15, 0.2) is 18.5 Å². The van der Waals surface area contributed by atoms with Crippen LogP contribution in [0.5, 0.6) is 0 Å². The van der Waals surface area contributed by atoms with Crippen LogP contribution in [0.3, 0.4) is 0 Å². The molecule has 1 unspecified atom stereocenters. The third-order valence-electron chi connectivity index (χ3n) is 4.21. The third-order valence-corrected chi connectivity index (χ3v) is 6.17. The first-order chi connectivity index (χ1) is 11.0. The van der Waals surface area contributed by atoms with Gasteiger partial charge in [-0.05, 0) is 43.4 Å². The Morgan fingerprint density at radius 3 is 2.96 bits per heavy atom. The van der Waals surface area contributed by atoms with E-state index in [0.717, 1.165) is 24.0 Å². The number of nitrogens with one attached hydrogen (secondary N) is 1. The summed E-state index contributed by atoms with van der Waals surface area (Å²) in [4.78, 5) is 16.5. The number of unbranched alkanes of at least 4 members (excludes halogenated alkanes) is 1. The van der Waals surface area contributed by atoms with Gasteiger partial charge in [0.25, 0.3) is 0 Å². The molecule has 0 radical (unpaired) electrons. The highest BCUT2D eigenvalue weighted by molar-refractivity contribution is 7.89. The molecule has 0 saturated carbocycles. The minimum atomic E-state index is -3.34. The second-order valence-corrected chi connectivity index (χ2v) is 8.00. The van der Waals surface area contributed by atoms with E-state index in [1.54, 1.807) is 12.4 Å². The number of hydrogen-bond donors (Lipinski definition) is 1. The van der Waals surface area contributed by atoms with Gasteiger partial charge in [-0.2, -0.15) is 4.31 Å². The van der Waals surface area contributed by atoms with Crippen molar-refractivity contribution in [1.82, 2.24) is 14.6 Å². The van der Waals surface area contributed by atoms with Crippen LogP contribution in [0.1, 0.15) is 43.7 Å². The molecule has 1 saturated heterocycles. The van der Waals surface area contributed by atoms with Gasteiger partial charge in [-0.25, -0.2) is 8.42 Å². The summed E-state index contributed by atoms with van der Waals surface area (Å²) < 4.78 is 26.1. The molecular formula is C16H25N3O3S. The van der Waals surface area contributed by atoms with Crippen molar-refractivity contribution in [3.05, 3.63) is 29.6 Å². The van der Waals surface area contributed by atoms with Crippen molar-refractivity contribution < 1.29 is 13.2 Å². The molecule has 1 N–H and O–H groups in total. The van der Waals surface area contributed by atoms with Gasteiger partial charge in [0.15, 0.2) is 0 Å². The standard InChI is InChI=1S/C16H25N3O3S/c1-3-4-10-23(21,22)19-9-5-6-15(19)16(20)18-12-14-7-8-17-11-13(14)2/h7-8,11,15H,3-6,9-10,12H2,1-2H3,(H,18,20). The lowest BCUT2D eigenvalue weighted by Crippen LogP contribution is -2.46. The molecule has 6 nitrogen and oxygen atoms in total. The molecule has 2 rings (SSSR count). The van der Waals surface area contributed by atoms with Crippen LogP contribution in [0.2, 0.25) is 0 Å². The van der Waals surface area contributed by atoms with Crippen molar-refractivity contribution in [1.29, 1.82) is 0 Å². The summed E-state index contributed by atoms with van der Waals surface area (Å²) in [6.07, 6.45) is 6.21. The lowest BCUT2D eigenvalue weighted by atomic mass is 10.1. The summed E-state index contributed by atoms with van der Waals surface area (Å²) in [5.74, 6) is -0.0877. The van der Waals surface area contributed by atoms with Crippen LogP contribution in [0, 0.1) is 6.92 Å². The van der Waals surface area contributed by atoms with Gasteiger partial charge in [0.05, 0.1) is 5.75 Å². The monoisotopic (exact) mass is 339 g/mol. The van der Waals surface area contributed by atoms with E-state index in [9.17, 15) is 13.2 Å². The van der Waals surface area contributed by atoms with Crippen LogP contribution < -0.4 is 5.32 Å². The van der Waals surface area contributed by atoms with Crippen LogP contribution in [-0.4, -0.2) is 42.0 Å². The summed E-state index contributed by atoms with van der Waals surface area (Å²) in [5, 5.41) is 2.87. The Labute approximate surface area is 138 Å². The first-order valence-electron chi connectivity index (χ1n) is 8.12. The van der Waals surface area contributed by atoms with E-state index < -0.39 is 16.1 Å². The highest BCUT2D eigenvalue weighted by atomic mass is 32.2. The second kappa shape index (κ2) is 7.88. The van der Waals surface area contributed by atoms with Crippen LogP contribution in [0.25, 0.3) is 0 Å². The number of pyridine rings is 1. The molecule has 1 atom stereocenters. The number of carbonyl (C=O) groups excluding carboxylic acids is 1. The van der Waals surface area contributed by atoms with Gasteiger partial charge in [-0.3, -0.25) is 9.78 Å². The number of aromatic nitrogens is 1. The van der Waals surface area contributed by atoms with Crippen molar-refractivity contribution in [2.45, 2.75) is 52.1 Å². The molecule has 0 bridgehead atoms. The molecule has 1 aromatic rings. The summed E-state index contributed by atoms with van der Waals surface area (Å²) in [7, 11) is -3.34. The number of rotatable bonds is 7. The smallest absolute Gasteiger partial charge is 0.238 e. The summed E-state index contributed by atoms with van der Waals surface area (Å²) in [6.45, 7) is 4.73. The maximum Gasteiger partial charge on any atom is 0.238 e. The lowest BCUT2D eigenvalue weighted by Gasteiger charge is -2.23. The number of hydrogen-bond acceptors (Lipinski definition) is 4. The average molecular weight is 339 g/mol. The van der Waals surface area contributed by atoms with Gasteiger partial charge in [0.1, 0.15) is 6.04 Å². The van der Waals surface area contributed by atoms with Gasteiger partial charge in [0, 0.05) is 25.5 Å². The topological polar surface area (TPSA) is 79.4 Å². The quantitative estimate of drug-likeness (QED) is 0.818. The highest BCUT2D eigenvalue weighted by Gasteiger charge is 2.37. The zero-order valence-corrected chi connectivity index (χ0v) is 14.6. The van der Waals surface area contributed by atoms with Crippen LogP contribution >= 0.6 is 0 Å². The van der Waals surface area contributed by atoms with Gasteiger partial charge in [0.2, 0.25) is 15.9 Å². The molecule has 0 aromatic carbocycles. The number of sulfonamides is 1. The molecule has 1 aliphatic heterocycles. The maximum atomic E-state index is 12.4. The molecule has 0 spiro atoms. The largest absolute Gasteiger partial charge is 0.351 e. The molecule has 0 aliphatic carbocycles. The maximum absolute atomic E-state index is 12.4. The fourth-order valence-corrected chi connectivity index (χ4v) is 4.66. The Morgan fingerprint density at radius 2 is 2.26 bits per heavy atom. The molecule has 7 heteroatoms. The predicted octanol–water partition coefficient (Wildman–Crippen LogP) is 1.60. The normalized spacial score (nSPS) is 19.0. The lowest BCUT2D eigenvalue weighted by molar-refractivity contribution is -0.124. The zero-order valence-electron chi connectivity index (χ0n) is 13.8. The number of carbonyl (C=O) groups is 1.